The molecule has 7 heteroatoms. The van der Waals surface area contributed by atoms with Crippen LogP contribution in [0.3, 0.4) is 0 Å². The first-order valence-corrected chi connectivity index (χ1v) is 10.1. The summed E-state index contributed by atoms with van der Waals surface area (Å²) < 4.78 is 10.7. The Morgan fingerprint density at radius 1 is 1.00 bits per heavy atom. The van der Waals surface area contributed by atoms with Gasteiger partial charge in [-0.2, -0.15) is 0 Å². The molecule has 2 heterocycles. The molecule has 0 bridgehead atoms. The number of methoxy groups -OCH3 is 1. The minimum atomic E-state index is -0.399. The van der Waals surface area contributed by atoms with E-state index in [0.29, 0.717) is 44.0 Å². The highest BCUT2D eigenvalue weighted by molar-refractivity contribution is 8.03. The number of para-hydroxylation sites is 2. The van der Waals surface area contributed by atoms with Crippen LogP contribution < -0.4 is 9.64 Å². The van der Waals surface area contributed by atoms with Crippen LogP contribution in [-0.4, -0.2) is 18.9 Å². The van der Waals surface area contributed by atoms with Crippen LogP contribution in [-0.2, 0) is 15.3 Å². The van der Waals surface area contributed by atoms with E-state index < -0.39 is 5.91 Å². The lowest BCUT2D eigenvalue weighted by molar-refractivity contribution is -0.119. The van der Waals surface area contributed by atoms with Crippen molar-refractivity contribution in [3.63, 3.8) is 0 Å². The number of benzene rings is 2. The molecule has 1 aliphatic heterocycles. The van der Waals surface area contributed by atoms with Gasteiger partial charge in [-0.05, 0) is 42.0 Å². The van der Waals surface area contributed by atoms with E-state index in [1.807, 2.05) is 6.07 Å². The molecular formula is C22H16ClNO4S. The third-order valence-electron chi connectivity index (χ3n) is 4.44. The van der Waals surface area contributed by atoms with E-state index in [9.17, 15) is 9.59 Å². The molecule has 2 aromatic carbocycles. The van der Waals surface area contributed by atoms with Gasteiger partial charge in [0.15, 0.2) is 0 Å². The lowest BCUT2D eigenvalue weighted by atomic mass is 10.1. The fourth-order valence-electron chi connectivity index (χ4n) is 3.09. The number of imide groups is 1. The number of halogens is 1. The maximum atomic E-state index is 13.4. The summed E-state index contributed by atoms with van der Waals surface area (Å²) in [5.41, 5.74) is 1.38. The van der Waals surface area contributed by atoms with E-state index in [1.165, 1.54) is 18.9 Å². The van der Waals surface area contributed by atoms with Crippen molar-refractivity contribution < 1.29 is 18.7 Å². The Morgan fingerprint density at radius 2 is 1.76 bits per heavy atom. The molecule has 146 valence electrons. The second-order valence-corrected chi connectivity index (χ2v) is 7.62. The number of hydrogen-bond acceptors (Lipinski definition) is 5. The van der Waals surface area contributed by atoms with Crippen LogP contribution in [0.1, 0.15) is 11.3 Å². The fourth-order valence-corrected chi connectivity index (χ4v) is 4.23. The van der Waals surface area contributed by atoms with Crippen molar-refractivity contribution in [2.75, 3.05) is 12.0 Å². The Labute approximate surface area is 176 Å². The van der Waals surface area contributed by atoms with Gasteiger partial charge in [0.25, 0.3) is 11.8 Å². The molecule has 3 aromatic rings. The molecule has 0 atom stereocenters. The van der Waals surface area contributed by atoms with Crippen LogP contribution in [0.15, 0.2) is 76.2 Å². The molecule has 2 amide bonds. The zero-order chi connectivity index (χ0) is 20.4. The molecule has 0 fully saturated rings. The summed E-state index contributed by atoms with van der Waals surface area (Å²) in [7, 11) is 1.50. The predicted molar refractivity (Wildman–Crippen MR) is 114 cm³/mol. The number of thioether (sulfide) groups is 1. The molecular weight excluding hydrogens is 410 g/mol. The van der Waals surface area contributed by atoms with E-state index in [0.717, 1.165) is 4.90 Å². The number of carbonyl (C=O) groups is 2. The van der Waals surface area contributed by atoms with Gasteiger partial charge in [0.1, 0.15) is 11.5 Å². The summed E-state index contributed by atoms with van der Waals surface area (Å²) in [5, 5.41) is 0.553. The van der Waals surface area contributed by atoms with Crippen molar-refractivity contribution in [1.82, 2.24) is 0 Å². The standard InChI is InChI=1S/C22H16ClNO4S/c1-27-18-7-3-2-6-17(18)24-21(25)19(14-8-10-15(23)11-9-14)20(22(24)26)29-13-16-5-4-12-28-16/h2-12H,13H2,1H3. The van der Waals surface area contributed by atoms with Crippen LogP contribution in [0.4, 0.5) is 5.69 Å². The normalized spacial score (nSPS) is 14.1. The van der Waals surface area contributed by atoms with Crippen LogP contribution >= 0.6 is 23.4 Å². The molecule has 0 unspecified atom stereocenters. The van der Waals surface area contributed by atoms with Gasteiger partial charge in [0.2, 0.25) is 0 Å². The van der Waals surface area contributed by atoms with Gasteiger partial charge in [0, 0.05) is 5.02 Å². The second kappa shape index (κ2) is 8.19. The molecule has 0 N–H and O–H groups in total. The summed E-state index contributed by atoms with van der Waals surface area (Å²) in [4.78, 5) is 28.2. The first-order valence-electron chi connectivity index (χ1n) is 8.77. The zero-order valence-corrected chi connectivity index (χ0v) is 17.0. The van der Waals surface area contributed by atoms with Crippen molar-refractivity contribution in [3.05, 3.63) is 88.2 Å². The highest BCUT2D eigenvalue weighted by Crippen LogP contribution is 2.42. The summed E-state index contributed by atoms with van der Waals surface area (Å²) in [6.07, 6.45) is 1.58. The monoisotopic (exact) mass is 425 g/mol. The molecule has 0 spiro atoms. The van der Waals surface area contributed by atoms with Crippen molar-refractivity contribution in [1.29, 1.82) is 0 Å². The number of carbonyl (C=O) groups excluding carboxylic acids is 2. The SMILES string of the molecule is COc1ccccc1N1C(=O)C(SCc2ccco2)=C(c2ccc(Cl)cc2)C1=O. The van der Waals surface area contributed by atoms with Crippen LogP contribution in [0, 0.1) is 0 Å². The van der Waals surface area contributed by atoms with E-state index in [2.05, 4.69) is 0 Å². The molecule has 0 saturated carbocycles. The first kappa shape index (κ1) is 19.4. The van der Waals surface area contributed by atoms with Gasteiger partial charge in [-0.15, -0.1) is 11.8 Å². The van der Waals surface area contributed by atoms with Gasteiger partial charge in [-0.3, -0.25) is 9.59 Å². The molecule has 5 nitrogen and oxygen atoms in total. The zero-order valence-electron chi connectivity index (χ0n) is 15.4. The number of amides is 2. The van der Waals surface area contributed by atoms with Gasteiger partial charge in [-0.25, -0.2) is 4.90 Å². The van der Waals surface area contributed by atoms with Crippen LogP contribution in [0.2, 0.25) is 5.02 Å². The quantitative estimate of drug-likeness (QED) is 0.510. The van der Waals surface area contributed by atoms with E-state index in [1.54, 1.807) is 60.9 Å². The highest BCUT2D eigenvalue weighted by Gasteiger charge is 2.41. The van der Waals surface area contributed by atoms with Gasteiger partial charge >= 0.3 is 0 Å². The van der Waals surface area contributed by atoms with Gasteiger partial charge in [-0.1, -0.05) is 35.9 Å². The lowest BCUT2D eigenvalue weighted by Gasteiger charge is -2.18. The van der Waals surface area contributed by atoms with Crippen molar-refractivity contribution in [2.24, 2.45) is 0 Å². The number of rotatable bonds is 6. The maximum absolute atomic E-state index is 13.4. The number of furan rings is 1. The van der Waals surface area contributed by atoms with Gasteiger partial charge in [0.05, 0.1) is 35.3 Å². The fraction of sp³-hybridized carbons (Fsp3) is 0.0909. The van der Waals surface area contributed by atoms with Crippen LogP contribution in [0.5, 0.6) is 5.75 Å². The average molecular weight is 426 g/mol. The van der Waals surface area contributed by atoms with E-state index >= 15 is 0 Å². The van der Waals surface area contributed by atoms with Crippen molar-refractivity contribution >= 4 is 46.4 Å². The number of hydrogen-bond donors (Lipinski definition) is 0. The maximum Gasteiger partial charge on any atom is 0.272 e. The second-order valence-electron chi connectivity index (χ2n) is 6.20. The Bertz CT molecular complexity index is 1090. The van der Waals surface area contributed by atoms with E-state index in [-0.39, 0.29) is 5.91 Å². The van der Waals surface area contributed by atoms with Gasteiger partial charge < -0.3 is 9.15 Å². The molecule has 29 heavy (non-hydrogen) atoms. The molecule has 0 saturated heterocycles. The molecule has 0 aliphatic carbocycles. The Morgan fingerprint density at radius 3 is 2.45 bits per heavy atom. The topological polar surface area (TPSA) is 59.8 Å². The largest absolute Gasteiger partial charge is 0.495 e. The minimum Gasteiger partial charge on any atom is -0.495 e. The average Bonchev–Trinajstić information content (AvgIpc) is 3.33. The van der Waals surface area contributed by atoms with Crippen molar-refractivity contribution in [2.45, 2.75) is 5.75 Å². The number of nitrogens with zero attached hydrogens (tertiary/aromatic N) is 1. The van der Waals surface area contributed by atoms with Crippen LogP contribution in [0.25, 0.3) is 5.57 Å². The third kappa shape index (κ3) is 3.69. The predicted octanol–water partition coefficient (Wildman–Crippen LogP) is 5.16. The lowest BCUT2D eigenvalue weighted by Crippen LogP contribution is -2.31. The van der Waals surface area contributed by atoms with Crippen molar-refractivity contribution in [3.8, 4) is 5.75 Å². The Balaban J connectivity index is 1.77. The third-order valence-corrected chi connectivity index (χ3v) is 5.79. The number of anilines is 1. The van der Waals surface area contributed by atoms with E-state index in [4.69, 9.17) is 20.8 Å². The smallest absolute Gasteiger partial charge is 0.272 e. The molecule has 1 aromatic heterocycles. The summed E-state index contributed by atoms with van der Waals surface area (Å²) in [6, 6.07) is 17.4. The molecule has 0 radical (unpaired) electrons. The minimum absolute atomic E-state index is 0.342. The number of ether oxygens (including phenoxy) is 1. The molecule has 1 aliphatic rings. The Kier molecular flexibility index (Phi) is 5.47. The summed E-state index contributed by atoms with van der Waals surface area (Å²) >= 11 is 7.27. The summed E-state index contributed by atoms with van der Waals surface area (Å²) in [6.45, 7) is 0. The first-order chi connectivity index (χ1) is 14.1. The Hall–Kier alpha value is -2.96. The molecule has 4 rings (SSSR count). The summed E-state index contributed by atoms with van der Waals surface area (Å²) in [5.74, 6) is 0.804. The highest BCUT2D eigenvalue weighted by atomic mass is 35.5.